The minimum absolute atomic E-state index is 0.0414. The Hall–Kier alpha value is -1.62. The maximum Gasteiger partial charge on any atom is 0.251 e. The molecular formula is C13H18ClN3O2. The van der Waals surface area contributed by atoms with Gasteiger partial charge in [-0.25, -0.2) is 4.98 Å². The van der Waals surface area contributed by atoms with Crippen LogP contribution in [0.4, 0.5) is 0 Å². The van der Waals surface area contributed by atoms with Gasteiger partial charge in [-0.15, -0.1) is 0 Å². The molecule has 1 rings (SSSR count). The van der Waals surface area contributed by atoms with E-state index in [0.717, 1.165) is 12.1 Å². The van der Waals surface area contributed by atoms with Crippen molar-refractivity contribution in [2.24, 2.45) is 0 Å². The van der Waals surface area contributed by atoms with Crippen molar-refractivity contribution in [3.8, 4) is 0 Å². The largest absolute Gasteiger partial charge is 0.355 e. The minimum atomic E-state index is -0.328. The fourth-order valence-corrected chi connectivity index (χ4v) is 1.68. The Labute approximate surface area is 117 Å². The van der Waals surface area contributed by atoms with Gasteiger partial charge in [-0.1, -0.05) is 25.4 Å². The number of hydrogen-bond donors (Lipinski definition) is 2. The van der Waals surface area contributed by atoms with E-state index in [9.17, 15) is 9.59 Å². The number of hydrogen-bond acceptors (Lipinski definition) is 3. The number of aryl methyl sites for hydroxylation is 1. The number of carbonyl (C=O) groups is 2. The van der Waals surface area contributed by atoms with Crippen LogP contribution in [-0.4, -0.2) is 29.9 Å². The van der Waals surface area contributed by atoms with E-state index >= 15 is 0 Å². The zero-order valence-electron chi connectivity index (χ0n) is 11.1. The lowest BCUT2D eigenvalue weighted by molar-refractivity contribution is -0.120. The first-order chi connectivity index (χ1) is 9.06. The van der Waals surface area contributed by atoms with E-state index in [1.54, 1.807) is 6.07 Å². The molecule has 0 atom stereocenters. The Morgan fingerprint density at radius 1 is 1.26 bits per heavy atom. The Balaban J connectivity index is 2.58. The fraction of sp³-hybridized carbons (Fsp3) is 0.462. The van der Waals surface area contributed by atoms with Crippen molar-refractivity contribution in [3.63, 3.8) is 0 Å². The molecule has 0 unspecified atom stereocenters. The summed E-state index contributed by atoms with van der Waals surface area (Å²) in [6.07, 6.45) is 1.55. The van der Waals surface area contributed by atoms with Gasteiger partial charge in [0, 0.05) is 17.8 Å². The Morgan fingerprint density at radius 3 is 2.63 bits per heavy atom. The molecule has 19 heavy (non-hydrogen) atoms. The van der Waals surface area contributed by atoms with E-state index in [2.05, 4.69) is 15.6 Å². The molecule has 6 heteroatoms. The molecule has 1 heterocycles. The van der Waals surface area contributed by atoms with Gasteiger partial charge in [-0.3, -0.25) is 9.59 Å². The monoisotopic (exact) mass is 283 g/mol. The molecule has 0 aliphatic carbocycles. The van der Waals surface area contributed by atoms with Gasteiger partial charge < -0.3 is 10.6 Å². The van der Waals surface area contributed by atoms with Crippen molar-refractivity contribution >= 4 is 23.4 Å². The average molecular weight is 284 g/mol. The SMILES string of the molecule is CCCNC(=O)CNC(=O)c1cc(Cl)nc(CC)c1. The first-order valence-corrected chi connectivity index (χ1v) is 6.66. The third-order valence-electron chi connectivity index (χ3n) is 2.45. The van der Waals surface area contributed by atoms with Gasteiger partial charge >= 0.3 is 0 Å². The smallest absolute Gasteiger partial charge is 0.251 e. The van der Waals surface area contributed by atoms with Crippen LogP contribution < -0.4 is 10.6 Å². The van der Waals surface area contributed by atoms with Crippen molar-refractivity contribution in [1.82, 2.24) is 15.6 Å². The number of amides is 2. The van der Waals surface area contributed by atoms with Crippen LogP contribution in [0.2, 0.25) is 5.15 Å². The van der Waals surface area contributed by atoms with E-state index in [1.807, 2.05) is 13.8 Å². The number of rotatable bonds is 6. The third kappa shape index (κ3) is 5.26. The summed E-state index contributed by atoms with van der Waals surface area (Å²) in [5.74, 6) is -0.531. The Bertz CT molecular complexity index is 463. The second-order valence-corrected chi connectivity index (χ2v) is 4.44. The van der Waals surface area contributed by atoms with Crippen molar-refractivity contribution in [3.05, 3.63) is 28.5 Å². The van der Waals surface area contributed by atoms with E-state index in [4.69, 9.17) is 11.6 Å². The van der Waals surface area contributed by atoms with E-state index in [0.29, 0.717) is 18.5 Å². The van der Waals surface area contributed by atoms with E-state index < -0.39 is 0 Å². The summed E-state index contributed by atoms with van der Waals surface area (Å²) in [4.78, 5) is 27.3. The fourth-order valence-electron chi connectivity index (χ4n) is 1.45. The summed E-state index contributed by atoms with van der Waals surface area (Å²) in [5.41, 5.74) is 1.16. The first kappa shape index (κ1) is 15.4. The summed E-state index contributed by atoms with van der Waals surface area (Å²) in [6.45, 7) is 4.46. The molecule has 0 spiro atoms. The molecule has 0 aliphatic rings. The number of carbonyl (C=O) groups excluding carboxylic acids is 2. The molecule has 0 saturated heterocycles. The molecule has 104 valence electrons. The van der Waals surface area contributed by atoms with E-state index in [1.165, 1.54) is 6.07 Å². The standard InChI is InChI=1S/C13H18ClN3O2/c1-3-5-15-12(18)8-16-13(19)9-6-10(4-2)17-11(14)7-9/h6-7H,3-5,8H2,1-2H3,(H,15,18)(H,16,19). The number of halogens is 1. The lowest BCUT2D eigenvalue weighted by atomic mass is 10.2. The number of nitrogens with zero attached hydrogens (tertiary/aromatic N) is 1. The van der Waals surface area contributed by atoms with Crippen LogP contribution in [0.5, 0.6) is 0 Å². The van der Waals surface area contributed by atoms with Crippen LogP contribution in [0.1, 0.15) is 36.3 Å². The molecule has 0 bridgehead atoms. The van der Waals surface area contributed by atoms with Gasteiger partial charge in [0.25, 0.3) is 5.91 Å². The molecule has 1 aromatic heterocycles. The second-order valence-electron chi connectivity index (χ2n) is 4.06. The van der Waals surface area contributed by atoms with Gasteiger partial charge in [0.05, 0.1) is 6.54 Å². The van der Waals surface area contributed by atoms with E-state index in [-0.39, 0.29) is 23.5 Å². The van der Waals surface area contributed by atoms with Crippen LogP contribution in [0.3, 0.4) is 0 Å². The number of pyridine rings is 1. The highest BCUT2D eigenvalue weighted by atomic mass is 35.5. The number of nitrogens with one attached hydrogen (secondary N) is 2. The lowest BCUT2D eigenvalue weighted by Gasteiger charge is -2.07. The van der Waals surface area contributed by atoms with Crippen LogP contribution in [0.15, 0.2) is 12.1 Å². The molecular weight excluding hydrogens is 266 g/mol. The topological polar surface area (TPSA) is 71.1 Å². The number of aromatic nitrogens is 1. The highest BCUT2D eigenvalue weighted by molar-refractivity contribution is 6.29. The molecule has 1 aromatic rings. The summed E-state index contributed by atoms with van der Waals surface area (Å²) < 4.78 is 0. The molecule has 0 saturated carbocycles. The minimum Gasteiger partial charge on any atom is -0.355 e. The van der Waals surface area contributed by atoms with Crippen molar-refractivity contribution in [1.29, 1.82) is 0 Å². The zero-order chi connectivity index (χ0) is 14.3. The molecule has 2 N–H and O–H groups in total. The summed E-state index contributed by atoms with van der Waals surface area (Å²) in [5, 5.41) is 5.51. The average Bonchev–Trinajstić information content (AvgIpc) is 2.41. The Kier molecular flexibility index (Phi) is 6.29. The third-order valence-corrected chi connectivity index (χ3v) is 2.65. The van der Waals surface area contributed by atoms with Crippen molar-refractivity contribution in [2.75, 3.05) is 13.1 Å². The molecule has 0 fully saturated rings. The molecule has 0 aromatic carbocycles. The van der Waals surface area contributed by atoms with Gasteiger partial charge in [-0.05, 0) is 25.0 Å². The van der Waals surface area contributed by atoms with Crippen LogP contribution in [0, 0.1) is 0 Å². The van der Waals surface area contributed by atoms with Gasteiger partial charge in [0.2, 0.25) is 5.91 Å². The predicted octanol–water partition coefficient (Wildman–Crippen LogP) is 1.55. The van der Waals surface area contributed by atoms with Gasteiger partial charge in [0.15, 0.2) is 0 Å². The molecule has 5 nitrogen and oxygen atoms in total. The summed E-state index contributed by atoms with van der Waals surface area (Å²) >= 11 is 5.83. The van der Waals surface area contributed by atoms with Gasteiger partial charge in [-0.2, -0.15) is 0 Å². The van der Waals surface area contributed by atoms with Gasteiger partial charge in [0.1, 0.15) is 5.15 Å². The molecule has 2 amide bonds. The van der Waals surface area contributed by atoms with Crippen LogP contribution in [0.25, 0.3) is 0 Å². The maximum atomic E-state index is 11.9. The lowest BCUT2D eigenvalue weighted by Crippen LogP contribution is -2.37. The second kappa shape index (κ2) is 7.74. The molecule has 0 radical (unpaired) electrons. The summed E-state index contributed by atoms with van der Waals surface area (Å²) in [7, 11) is 0. The Morgan fingerprint density at radius 2 is 2.00 bits per heavy atom. The predicted molar refractivity (Wildman–Crippen MR) is 74.3 cm³/mol. The quantitative estimate of drug-likeness (QED) is 0.778. The normalized spacial score (nSPS) is 10.1. The zero-order valence-corrected chi connectivity index (χ0v) is 11.9. The van der Waals surface area contributed by atoms with Crippen molar-refractivity contribution in [2.45, 2.75) is 26.7 Å². The highest BCUT2D eigenvalue weighted by Crippen LogP contribution is 2.11. The van der Waals surface area contributed by atoms with Crippen molar-refractivity contribution < 1.29 is 9.59 Å². The molecule has 0 aliphatic heterocycles. The summed E-state index contributed by atoms with van der Waals surface area (Å²) in [6, 6.07) is 3.16. The van der Waals surface area contributed by atoms with Crippen LogP contribution in [-0.2, 0) is 11.2 Å². The first-order valence-electron chi connectivity index (χ1n) is 6.28. The maximum absolute atomic E-state index is 11.9. The highest BCUT2D eigenvalue weighted by Gasteiger charge is 2.10. The van der Waals surface area contributed by atoms with Crippen LogP contribution >= 0.6 is 11.6 Å².